The maximum atomic E-state index is 14.8. The van der Waals surface area contributed by atoms with Gasteiger partial charge in [0.1, 0.15) is 22.8 Å². The molecule has 5 rings (SSSR count). The molecule has 0 amide bonds. The number of halogens is 1. The molecule has 2 aromatic heterocycles. The van der Waals surface area contributed by atoms with Crippen molar-refractivity contribution in [1.82, 2.24) is 14.5 Å². The molecule has 1 aliphatic heterocycles. The molecule has 3 atom stereocenters. The molecular weight excluding hydrogens is 389 g/mol. The van der Waals surface area contributed by atoms with Crippen LogP contribution in [0.1, 0.15) is 30.0 Å². The number of nitrogens with zero attached hydrogens (tertiary/aromatic N) is 3. The van der Waals surface area contributed by atoms with E-state index in [-0.39, 0.29) is 6.04 Å². The summed E-state index contributed by atoms with van der Waals surface area (Å²) < 4.78 is 28.4. The highest BCUT2D eigenvalue weighted by Crippen LogP contribution is 2.42. The fourth-order valence-corrected chi connectivity index (χ4v) is 4.47. The molecule has 1 aliphatic rings. The Balaban J connectivity index is 1.68. The molecule has 0 bridgehead atoms. The van der Waals surface area contributed by atoms with Gasteiger partial charge in [0.2, 0.25) is 0 Å². The summed E-state index contributed by atoms with van der Waals surface area (Å²) in [6, 6.07) is 16.4. The maximum Gasteiger partial charge on any atom is 0.139 e. The predicted molar refractivity (Wildman–Crippen MR) is 109 cm³/mol. The van der Waals surface area contributed by atoms with Gasteiger partial charge in [-0.05, 0) is 23.8 Å². The molecule has 5 nitrogen and oxygen atoms in total. The van der Waals surface area contributed by atoms with E-state index in [4.69, 9.17) is 0 Å². The molecule has 146 valence electrons. The predicted octanol–water partition coefficient (Wildman–Crippen LogP) is 4.00. The average Bonchev–Trinajstić information content (AvgIpc) is 3.25. The van der Waals surface area contributed by atoms with Crippen LogP contribution in [0.5, 0.6) is 0 Å². The minimum absolute atomic E-state index is 0.0625. The summed E-state index contributed by atoms with van der Waals surface area (Å²) in [7, 11) is -1.19. The van der Waals surface area contributed by atoms with Crippen molar-refractivity contribution in [3.63, 3.8) is 0 Å². The van der Waals surface area contributed by atoms with Crippen molar-refractivity contribution in [2.45, 2.75) is 23.6 Å². The largest absolute Gasteiger partial charge is 0.385 e. The van der Waals surface area contributed by atoms with Crippen LogP contribution in [-0.2, 0) is 10.8 Å². The van der Waals surface area contributed by atoms with Crippen LogP contribution in [-0.4, -0.2) is 30.1 Å². The molecule has 1 unspecified atom stereocenters. The highest BCUT2D eigenvalue weighted by Gasteiger charge is 2.34. The summed E-state index contributed by atoms with van der Waals surface area (Å²) in [6.07, 6.45) is 2.93. The third kappa shape index (κ3) is 2.97. The van der Waals surface area contributed by atoms with Crippen LogP contribution in [0.2, 0.25) is 0 Å². The monoisotopic (exact) mass is 407 g/mol. The van der Waals surface area contributed by atoms with E-state index in [1.54, 1.807) is 24.5 Å². The van der Waals surface area contributed by atoms with Crippen LogP contribution >= 0.6 is 0 Å². The highest BCUT2D eigenvalue weighted by molar-refractivity contribution is 7.84. The molecule has 0 aliphatic carbocycles. The highest BCUT2D eigenvalue weighted by atomic mass is 32.2. The Morgan fingerprint density at radius 2 is 1.97 bits per heavy atom. The van der Waals surface area contributed by atoms with Crippen molar-refractivity contribution in [1.29, 1.82) is 0 Å². The lowest BCUT2D eigenvalue weighted by molar-refractivity contribution is 0.172. The second kappa shape index (κ2) is 6.86. The first-order valence-electron chi connectivity index (χ1n) is 9.27. The molecule has 0 radical (unpaired) electrons. The summed E-state index contributed by atoms with van der Waals surface area (Å²) in [5.41, 5.74) is 3.36. The molecule has 4 aromatic rings. The number of fused-ring (bicyclic) bond motifs is 3. The van der Waals surface area contributed by atoms with E-state index in [0.717, 1.165) is 11.1 Å². The lowest BCUT2D eigenvalue weighted by atomic mass is 10.0. The van der Waals surface area contributed by atoms with Gasteiger partial charge in [-0.1, -0.05) is 30.3 Å². The van der Waals surface area contributed by atoms with Gasteiger partial charge < -0.3 is 9.67 Å². The Kier molecular flexibility index (Phi) is 4.29. The van der Waals surface area contributed by atoms with Gasteiger partial charge in [-0.3, -0.25) is 4.21 Å². The van der Waals surface area contributed by atoms with Gasteiger partial charge in [0.25, 0.3) is 0 Å². The number of benzene rings is 2. The second-order valence-electron chi connectivity index (χ2n) is 7.18. The van der Waals surface area contributed by atoms with E-state index in [2.05, 4.69) is 9.97 Å². The summed E-state index contributed by atoms with van der Waals surface area (Å²) >= 11 is 0. The number of hydrogen-bond acceptors (Lipinski definition) is 4. The normalized spacial score (nSPS) is 19.4. The molecule has 0 fully saturated rings. The first kappa shape index (κ1) is 18.1. The number of aliphatic hydroxyl groups excluding tert-OH is 1. The molecule has 3 heterocycles. The molecule has 0 saturated carbocycles. The standard InChI is InChI=1S/C22H18FN3O2S/c1-29(28)21-8-7-14(12-24-21)15-9-19-17(10-16(15)23)25-22-20(27)11-18(26(19)22)13-5-3-2-4-6-13/h2-10,12,18,20,27H,11H2,1H3/t18-,20-,29?/m0/s1. The van der Waals surface area contributed by atoms with Gasteiger partial charge in [0, 0.05) is 36.1 Å². The fourth-order valence-electron chi connectivity index (χ4n) is 4.01. The Morgan fingerprint density at radius 1 is 1.17 bits per heavy atom. The molecule has 2 aromatic carbocycles. The first-order valence-corrected chi connectivity index (χ1v) is 10.8. The van der Waals surface area contributed by atoms with Gasteiger partial charge in [-0.15, -0.1) is 0 Å². The number of hydrogen-bond donors (Lipinski definition) is 1. The number of pyridine rings is 1. The van der Waals surface area contributed by atoms with Gasteiger partial charge in [0.15, 0.2) is 0 Å². The van der Waals surface area contributed by atoms with E-state index in [0.29, 0.717) is 33.9 Å². The van der Waals surface area contributed by atoms with Crippen molar-refractivity contribution in [2.24, 2.45) is 0 Å². The Hall–Kier alpha value is -2.90. The minimum Gasteiger partial charge on any atom is -0.385 e. The fraction of sp³-hybridized carbons (Fsp3) is 0.182. The second-order valence-corrected chi connectivity index (χ2v) is 8.50. The van der Waals surface area contributed by atoms with Crippen molar-refractivity contribution in [3.8, 4) is 11.1 Å². The van der Waals surface area contributed by atoms with Gasteiger partial charge in [-0.2, -0.15) is 0 Å². The number of aliphatic hydroxyl groups is 1. The van der Waals surface area contributed by atoms with Gasteiger partial charge in [0.05, 0.1) is 27.9 Å². The molecule has 0 saturated heterocycles. The summed E-state index contributed by atoms with van der Waals surface area (Å²) in [5, 5.41) is 11.0. The van der Waals surface area contributed by atoms with E-state index in [9.17, 15) is 13.7 Å². The number of imidazole rings is 1. The first-order chi connectivity index (χ1) is 14.0. The van der Waals surface area contributed by atoms with Crippen LogP contribution in [0.3, 0.4) is 0 Å². The molecule has 1 N–H and O–H groups in total. The Morgan fingerprint density at radius 3 is 2.66 bits per heavy atom. The smallest absolute Gasteiger partial charge is 0.139 e. The van der Waals surface area contributed by atoms with E-state index < -0.39 is 22.7 Å². The maximum absolute atomic E-state index is 14.8. The zero-order valence-corrected chi connectivity index (χ0v) is 16.4. The van der Waals surface area contributed by atoms with E-state index in [1.165, 1.54) is 12.3 Å². The van der Waals surface area contributed by atoms with Crippen LogP contribution in [0.25, 0.3) is 22.2 Å². The van der Waals surface area contributed by atoms with Crippen LogP contribution in [0.4, 0.5) is 4.39 Å². The quantitative estimate of drug-likeness (QED) is 0.557. The lowest BCUT2D eigenvalue weighted by Gasteiger charge is -2.15. The number of aromatic nitrogens is 3. The van der Waals surface area contributed by atoms with Crippen molar-refractivity contribution < 1.29 is 13.7 Å². The Labute approximate surface area is 169 Å². The zero-order valence-electron chi connectivity index (χ0n) is 15.6. The summed E-state index contributed by atoms with van der Waals surface area (Å²) in [6.45, 7) is 0. The van der Waals surface area contributed by atoms with E-state index in [1.807, 2.05) is 34.9 Å². The van der Waals surface area contributed by atoms with Crippen LogP contribution < -0.4 is 0 Å². The summed E-state index contributed by atoms with van der Waals surface area (Å²) in [5.74, 6) is 0.146. The van der Waals surface area contributed by atoms with Gasteiger partial charge in [-0.25, -0.2) is 14.4 Å². The zero-order chi connectivity index (χ0) is 20.1. The number of rotatable bonds is 3. The molecule has 7 heteroatoms. The minimum atomic E-state index is -1.19. The molecular formula is C22H18FN3O2S. The molecule has 0 spiro atoms. The topological polar surface area (TPSA) is 68.0 Å². The molecule has 29 heavy (non-hydrogen) atoms. The van der Waals surface area contributed by atoms with Crippen LogP contribution in [0.15, 0.2) is 65.8 Å². The van der Waals surface area contributed by atoms with Gasteiger partial charge >= 0.3 is 0 Å². The van der Waals surface area contributed by atoms with Crippen molar-refractivity contribution in [2.75, 3.05) is 6.26 Å². The lowest BCUT2D eigenvalue weighted by Crippen LogP contribution is -2.05. The summed E-state index contributed by atoms with van der Waals surface area (Å²) in [4.78, 5) is 8.68. The SMILES string of the molecule is CS(=O)c1ccc(-c2cc3c(cc2F)nc2n3[C@H](c3ccccc3)C[C@@H]2O)cn1. The third-order valence-electron chi connectivity index (χ3n) is 5.39. The van der Waals surface area contributed by atoms with Crippen molar-refractivity contribution >= 4 is 21.8 Å². The third-order valence-corrected chi connectivity index (χ3v) is 6.22. The Bertz CT molecular complexity index is 1240. The van der Waals surface area contributed by atoms with E-state index >= 15 is 0 Å². The van der Waals surface area contributed by atoms with Crippen LogP contribution in [0, 0.1) is 5.82 Å². The van der Waals surface area contributed by atoms with Crippen molar-refractivity contribution in [3.05, 3.63) is 78.0 Å². The average molecular weight is 407 g/mol.